The number of nitrogens with two attached hydrogens (primary N) is 1. The van der Waals surface area contributed by atoms with Crippen LogP contribution in [0, 0.1) is 5.41 Å². The maximum Gasteiger partial charge on any atom is 0.138 e. The first-order valence-electron chi connectivity index (χ1n) is 5.01. The Morgan fingerprint density at radius 1 is 1.23 bits per heavy atom. The van der Waals surface area contributed by atoms with Gasteiger partial charge in [-0.1, -0.05) is 20.8 Å². The van der Waals surface area contributed by atoms with Gasteiger partial charge in [0.05, 0.1) is 0 Å². The van der Waals surface area contributed by atoms with Crippen molar-refractivity contribution in [3.8, 4) is 0 Å². The summed E-state index contributed by atoms with van der Waals surface area (Å²) in [5, 5.41) is 0. The molecule has 2 heteroatoms. The van der Waals surface area contributed by atoms with E-state index in [2.05, 4.69) is 0 Å². The average Bonchev–Trinajstić information content (AvgIpc) is 1.98. The molecule has 2 N–H and O–H groups in total. The summed E-state index contributed by atoms with van der Waals surface area (Å²) < 4.78 is 0. The van der Waals surface area contributed by atoms with E-state index in [1.807, 2.05) is 34.6 Å². The predicted octanol–water partition coefficient (Wildman–Crippen LogP) is 2.51. The summed E-state index contributed by atoms with van der Waals surface area (Å²) in [6.07, 6.45) is 2.27. The molecule has 0 aliphatic heterocycles. The second kappa shape index (κ2) is 4.23. The van der Waals surface area contributed by atoms with Gasteiger partial charge < -0.3 is 5.73 Å². The van der Waals surface area contributed by atoms with Gasteiger partial charge in [-0.05, 0) is 26.7 Å². The van der Waals surface area contributed by atoms with Gasteiger partial charge in [-0.15, -0.1) is 0 Å². The summed E-state index contributed by atoms with van der Waals surface area (Å²) in [7, 11) is 0. The Labute approximate surface area is 81.9 Å². The molecule has 0 aromatic heterocycles. The lowest BCUT2D eigenvalue weighted by Gasteiger charge is -2.24. The van der Waals surface area contributed by atoms with E-state index in [1.54, 1.807) is 0 Å². The van der Waals surface area contributed by atoms with E-state index >= 15 is 0 Å². The highest BCUT2D eigenvalue weighted by Crippen LogP contribution is 2.24. The van der Waals surface area contributed by atoms with Gasteiger partial charge in [-0.25, -0.2) is 0 Å². The Hall–Kier alpha value is -0.370. The monoisotopic (exact) mass is 185 g/mol. The molecule has 0 bridgehead atoms. The number of ketones is 1. The third kappa shape index (κ3) is 5.04. The molecule has 0 unspecified atom stereocenters. The molecule has 0 spiro atoms. The van der Waals surface area contributed by atoms with Crippen molar-refractivity contribution in [2.75, 3.05) is 0 Å². The van der Waals surface area contributed by atoms with Gasteiger partial charge in [0.25, 0.3) is 0 Å². The van der Waals surface area contributed by atoms with Crippen LogP contribution < -0.4 is 5.73 Å². The topological polar surface area (TPSA) is 43.1 Å². The van der Waals surface area contributed by atoms with E-state index in [4.69, 9.17) is 5.73 Å². The molecule has 0 amide bonds. The molecule has 0 fully saturated rings. The van der Waals surface area contributed by atoms with Crippen LogP contribution in [0.15, 0.2) is 0 Å². The quantitative estimate of drug-likeness (QED) is 0.715. The van der Waals surface area contributed by atoms with E-state index in [9.17, 15) is 4.79 Å². The minimum absolute atomic E-state index is 0.175. The molecule has 0 atom stereocenters. The van der Waals surface area contributed by atoms with Crippen molar-refractivity contribution in [2.24, 2.45) is 11.1 Å². The second-order valence-corrected chi connectivity index (χ2v) is 5.15. The minimum Gasteiger partial charge on any atom is -0.326 e. The zero-order valence-corrected chi connectivity index (χ0v) is 9.61. The fourth-order valence-corrected chi connectivity index (χ4v) is 0.971. The lowest BCUT2D eigenvalue weighted by atomic mass is 9.81. The summed E-state index contributed by atoms with van der Waals surface area (Å²) in [6, 6.07) is 0. The van der Waals surface area contributed by atoms with Crippen LogP contribution in [0.1, 0.15) is 53.9 Å². The molecule has 0 radical (unpaired) electrons. The van der Waals surface area contributed by atoms with Gasteiger partial charge in [0, 0.05) is 17.4 Å². The van der Waals surface area contributed by atoms with E-state index in [-0.39, 0.29) is 11.0 Å². The number of carbonyl (C=O) groups excluding carboxylic acids is 1. The zero-order chi connectivity index (χ0) is 10.7. The van der Waals surface area contributed by atoms with Crippen LogP contribution in [-0.2, 0) is 4.79 Å². The van der Waals surface area contributed by atoms with Crippen molar-refractivity contribution < 1.29 is 4.79 Å². The first-order valence-corrected chi connectivity index (χ1v) is 5.01. The summed E-state index contributed by atoms with van der Waals surface area (Å²) in [5.74, 6) is 0.327. The van der Waals surface area contributed by atoms with Gasteiger partial charge in [0.15, 0.2) is 0 Å². The zero-order valence-electron chi connectivity index (χ0n) is 9.61. The van der Waals surface area contributed by atoms with Crippen molar-refractivity contribution in [1.82, 2.24) is 0 Å². The Balaban J connectivity index is 4.03. The Kier molecular flexibility index (Phi) is 4.11. The SMILES string of the molecule is CCC(C)(C)C(=O)CCC(C)(C)N. The van der Waals surface area contributed by atoms with Gasteiger partial charge in [-0.3, -0.25) is 4.79 Å². The van der Waals surface area contributed by atoms with Crippen LogP contribution in [0.5, 0.6) is 0 Å². The third-order valence-electron chi connectivity index (χ3n) is 2.64. The van der Waals surface area contributed by atoms with Gasteiger partial charge in [-0.2, -0.15) is 0 Å². The van der Waals surface area contributed by atoms with Crippen molar-refractivity contribution in [1.29, 1.82) is 0 Å². The fraction of sp³-hybridized carbons (Fsp3) is 0.909. The maximum atomic E-state index is 11.7. The van der Waals surface area contributed by atoms with Crippen LogP contribution in [0.25, 0.3) is 0 Å². The van der Waals surface area contributed by atoms with Crippen molar-refractivity contribution in [3.63, 3.8) is 0 Å². The van der Waals surface area contributed by atoms with E-state index < -0.39 is 0 Å². The first-order chi connectivity index (χ1) is 5.69. The molecular weight excluding hydrogens is 162 g/mol. The van der Waals surface area contributed by atoms with Crippen LogP contribution in [0.3, 0.4) is 0 Å². The third-order valence-corrected chi connectivity index (χ3v) is 2.64. The van der Waals surface area contributed by atoms with Crippen molar-refractivity contribution in [3.05, 3.63) is 0 Å². The molecule has 0 heterocycles. The predicted molar refractivity (Wildman–Crippen MR) is 56.6 cm³/mol. The van der Waals surface area contributed by atoms with E-state index in [1.165, 1.54) is 0 Å². The Morgan fingerprint density at radius 3 is 2.00 bits per heavy atom. The van der Waals surface area contributed by atoms with Gasteiger partial charge >= 0.3 is 0 Å². The number of hydrogen-bond acceptors (Lipinski definition) is 2. The smallest absolute Gasteiger partial charge is 0.138 e. The first kappa shape index (κ1) is 12.6. The lowest BCUT2D eigenvalue weighted by Crippen LogP contribution is -2.34. The largest absolute Gasteiger partial charge is 0.326 e. The van der Waals surface area contributed by atoms with Gasteiger partial charge in [0.1, 0.15) is 5.78 Å². The molecule has 0 aliphatic rings. The normalized spacial score (nSPS) is 13.1. The van der Waals surface area contributed by atoms with Crippen molar-refractivity contribution in [2.45, 2.75) is 59.4 Å². The molecule has 0 aromatic rings. The Bertz CT molecular complexity index is 177. The molecule has 0 rings (SSSR count). The van der Waals surface area contributed by atoms with Crippen LogP contribution in [0.4, 0.5) is 0 Å². The minimum atomic E-state index is -0.223. The highest BCUT2D eigenvalue weighted by Gasteiger charge is 2.26. The molecule has 0 saturated heterocycles. The van der Waals surface area contributed by atoms with Crippen LogP contribution in [-0.4, -0.2) is 11.3 Å². The molecule has 2 nitrogen and oxygen atoms in total. The molecule has 78 valence electrons. The maximum absolute atomic E-state index is 11.7. The number of rotatable bonds is 5. The average molecular weight is 185 g/mol. The summed E-state index contributed by atoms with van der Waals surface area (Å²) in [4.78, 5) is 11.7. The van der Waals surface area contributed by atoms with E-state index in [0.29, 0.717) is 12.2 Å². The number of hydrogen-bond donors (Lipinski definition) is 1. The number of carbonyl (C=O) groups is 1. The molecule has 0 saturated carbocycles. The number of Topliss-reactive ketones (excluding diaryl/α,β-unsaturated/α-hetero) is 1. The van der Waals surface area contributed by atoms with Gasteiger partial charge in [0.2, 0.25) is 0 Å². The molecule has 13 heavy (non-hydrogen) atoms. The molecule has 0 aliphatic carbocycles. The Morgan fingerprint density at radius 2 is 1.69 bits per heavy atom. The van der Waals surface area contributed by atoms with Crippen LogP contribution in [0.2, 0.25) is 0 Å². The lowest BCUT2D eigenvalue weighted by molar-refractivity contribution is -0.127. The summed E-state index contributed by atoms with van der Waals surface area (Å²) >= 11 is 0. The standard InChI is InChI=1S/C11H23NO/c1-6-10(2,3)9(13)7-8-11(4,5)12/h6-8,12H2,1-5H3. The van der Waals surface area contributed by atoms with Crippen molar-refractivity contribution >= 4 is 5.78 Å². The van der Waals surface area contributed by atoms with E-state index in [0.717, 1.165) is 12.8 Å². The highest BCUT2D eigenvalue weighted by molar-refractivity contribution is 5.83. The molecule has 0 aromatic carbocycles. The second-order valence-electron chi connectivity index (χ2n) is 5.15. The fourth-order valence-electron chi connectivity index (χ4n) is 0.971. The summed E-state index contributed by atoms with van der Waals surface area (Å²) in [5.41, 5.74) is 5.42. The highest BCUT2D eigenvalue weighted by atomic mass is 16.1. The van der Waals surface area contributed by atoms with Crippen LogP contribution >= 0.6 is 0 Å². The summed E-state index contributed by atoms with van der Waals surface area (Å²) in [6.45, 7) is 9.96. The molecular formula is C11H23NO.